The highest BCUT2D eigenvalue weighted by Crippen LogP contribution is 2.04. The first-order chi connectivity index (χ1) is 6.93. The summed E-state index contributed by atoms with van der Waals surface area (Å²) in [5.74, 6) is 0. The molecule has 0 aliphatic rings. The van der Waals surface area contributed by atoms with E-state index in [0.29, 0.717) is 0 Å². The lowest BCUT2D eigenvalue weighted by Crippen LogP contribution is -3.00. The monoisotopic (exact) mass is 272 g/mol. The first-order valence-corrected chi connectivity index (χ1v) is 5.72. The molecule has 1 heterocycles. The van der Waals surface area contributed by atoms with Crippen LogP contribution >= 0.6 is 0 Å². The Labute approximate surface area is 104 Å². The molecule has 0 atom stereocenters. The van der Waals surface area contributed by atoms with E-state index >= 15 is 0 Å². The van der Waals surface area contributed by atoms with E-state index in [-0.39, 0.29) is 17.0 Å². The van der Waals surface area contributed by atoms with Gasteiger partial charge in [0.05, 0.1) is 12.4 Å². The maximum absolute atomic E-state index is 3.99. The van der Waals surface area contributed by atoms with Crippen LogP contribution in [0.2, 0.25) is 0 Å². The summed E-state index contributed by atoms with van der Waals surface area (Å²) in [4.78, 5) is 3.99. The van der Waals surface area contributed by atoms with Crippen molar-refractivity contribution in [2.45, 2.75) is 52.0 Å². The summed E-state index contributed by atoms with van der Waals surface area (Å²) in [6.07, 6.45) is 15.9. The molecule has 0 aliphatic heterocycles. The van der Waals surface area contributed by atoms with Crippen LogP contribution in [0.3, 0.4) is 0 Å². The Balaban J connectivity index is 0.00000196. The molecule has 0 amide bonds. The third-order valence-electron chi connectivity index (χ3n) is 2.46. The molecule has 0 saturated heterocycles. The summed E-state index contributed by atoms with van der Waals surface area (Å²) in [5, 5.41) is 0. The highest BCUT2D eigenvalue weighted by molar-refractivity contribution is 4.62. The van der Waals surface area contributed by atoms with Crippen molar-refractivity contribution in [2.24, 2.45) is 0 Å². The van der Waals surface area contributed by atoms with Gasteiger partial charge in [0.25, 0.3) is 0 Å². The number of hydrogen-bond donors (Lipinski definition) is 0. The Morgan fingerprint density at radius 3 is 2.20 bits per heavy atom. The van der Waals surface area contributed by atoms with Gasteiger partial charge in [-0.2, -0.15) is 0 Å². The van der Waals surface area contributed by atoms with Crippen LogP contribution in [0.4, 0.5) is 0 Å². The zero-order valence-corrected chi connectivity index (χ0v) is 11.1. The molecule has 0 spiro atoms. The topological polar surface area (TPSA) is 16.8 Å². The van der Waals surface area contributed by atoms with Gasteiger partial charge in [-0.1, -0.05) is 32.6 Å². The van der Waals surface area contributed by atoms with Crippen LogP contribution in [0, 0.1) is 0 Å². The molecule has 0 aromatic carbocycles. The highest BCUT2D eigenvalue weighted by Gasteiger charge is 1.97. The number of aryl methyl sites for hydroxylation is 1. The fourth-order valence-corrected chi connectivity index (χ4v) is 1.57. The molecule has 1 aromatic heterocycles. The molecule has 0 aliphatic carbocycles. The van der Waals surface area contributed by atoms with Gasteiger partial charge in [0.1, 0.15) is 6.54 Å². The van der Waals surface area contributed by atoms with Gasteiger partial charge >= 0.3 is 0 Å². The van der Waals surface area contributed by atoms with Crippen molar-refractivity contribution < 1.29 is 21.5 Å². The minimum absolute atomic E-state index is 0. The van der Waals surface area contributed by atoms with E-state index in [9.17, 15) is 0 Å². The van der Waals surface area contributed by atoms with Gasteiger partial charge in [-0.15, -0.1) is 0 Å². The fraction of sp³-hybridized carbons (Fsp3) is 0.667. The van der Waals surface area contributed by atoms with Gasteiger partial charge in [0, 0.05) is 6.42 Å². The first-order valence-electron chi connectivity index (χ1n) is 5.72. The number of hydrogen-bond acceptors (Lipinski definition) is 1. The van der Waals surface area contributed by atoms with E-state index in [1.54, 1.807) is 0 Å². The maximum atomic E-state index is 3.99. The van der Waals surface area contributed by atoms with Crippen molar-refractivity contribution in [3.63, 3.8) is 0 Å². The summed E-state index contributed by atoms with van der Waals surface area (Å²) in [7, 11) is 0. The van der Waals surface area contributed by atoms with Crippen LogP contribution in [0.25, 0.3) is 0 Å². The third kappa shape index (κ3) is 7.48. The number of aromatic nitrogens is 2. The summed E-state index contributed by atoms with van der Waals surface area (Å²) in [6, 6.07) is 0. The van der Waals surface area contributed by atoms with Crippen LogP contribution in [0.15, 0.2) is 24.8 Å². The first kappa shape index (κ1) is 14.6. The molecule has 3 heteroatoms. The van der Waals surface area contributed by atoms with Crippen molar-refractivity contribution in [1.29, 1.82) is 0 Å². The molecule has 0 bridgehead atoms. The van der Waals surface area contributed by atoms with Crippen LogP contribution in [-0.2, 0) is 6.54 Å². The molecule has 2 nitrogen and oxygen atoms in total. The smallest absolute Gasteiger partial charge is 0.187 e. The predicted octanol–water partition coefficient (Wildman–Crippen LogP) is -0.266. The molecule has 0 radical (unpaired) electrons. The molecule has 0 unspecified atom stereocenters. The second-order valence-electron chi connectivity index (χ2n) is 3.75. The Kier molecular flexibility index (Phi) is 9.79. The molecule has 0 saturated carbocycles. The van der Waals surface area contributed by atoms with Gasteiger partial charge in [0.15, 0.2) is 12.4 Å². The van der Waals surface area contributed by atoms with E-state index < -0.39 is 0 Å². The van der Waals surface area contributed by atoms with Crippen molar-refractivity contribution in [1.82, 2.24) is 4.98 Å². The van der Waals surface area contributed by atoms with Gasteiger partial charge in [-0.05, 0) is 6.42 Å². The quantitative estimate of drug-likeness (QED) is 0.494. The van der Waals surface area contributed by atoms with E-state index in [1.165, 1.54) is 38.5 Å². The third-order valence-corrected chi connectivity index (χ3v) is 2.46. The summed E-state index contributed by atoms with van der Waals surface area (Å²) >= 11 is 0. The van der Waals surface area contributed by atoms with E-state index in [1.807, 2.05) is 24.8 Å². The zero-order valence-electron chi connectivity index (χ0n) is 9.53. The standard InChI is InChI=1S/C12H21N2.BrH/c1-2-3-4-5-6-7-10-14-11-8-13-9-12-14;/h8-9,11-12H,2-7,10H2,1H3;1H/q+1;/p-1. The lowest BCUT2D eigenvalue weighted by molar-refractivity contribution is -0.697. The largest absolute Gasteiger partial charge is 1.00 e. The van der Waals surface area contributed by atoms with E-state index in [4.69, 9.17) is 0 Å². The van der Waals surface area contributed by atoms with Crippen LogP contribution < -0.4 is 21.5 Å². The minimum atomic E-state index is 0. The van der Waals surface area contributed by atoms with Crippen LogP contribution in [0.5, 0.6) is 0 Å². The van der Waals surface area contributed by atoms with Gasteiger partial charge < -0.3 is 17.0 Å². The van der Waals surface area contributed by atoms with E-state index in [0.717, 1.165) is 6.54 Å². The minimum Gasteiger partial charge on any atom is -1.00 e. The maximum Gasteiger partial charge on any atom is 0.187 e. The normalized spacial score (nSPS) is 9.67. The van der Waals surface area contributed by atoms with Crippen LogP contribution in [0.1, 0.15) is 45.4 Å². The Morgan fingerprint density at radius 1 is 0.933 bits per heavy atom. The van der Waals surface area contributed by atoms with Gasteiger partial charge in [-0.25, -0.2) is 4.57 Å². The lowest BCUT2D eigenvalue weighted by Gasteiger charge is -1.98. The summed E-state index contributed by atoms with van der Waals surface area (Å²) in [6.45, 7) is 3.39. The number of halogens is 1. The number of nitrogens with zero attached hydrogens (tertiary/aromatic N) is 2. The van der Waals surface area contributed by atoms with Crippen molar-refractivity contribution in [2.75, 3.05) is 0 Å². The molecule has 0 N–H and O–H groups in total. The van der Waals surface area contributed by atoms with Crippen LogP contribution in [-0.4, -0.2) is 4.98 Å². The Morgan fingerprint density at radius 2 is 1.53 bits per heavy atom. The molecule has 1 rings (SSSR count). The Hall–Kier alpha value is -0.440. The highest BCUT2D eigenvalue weighted by atomic mass is 79.9. The van der Waals surface area contributed by atoms with Gasteiger partial charge in [-0.3, -0.25) is 4.98 Å². The average Bonchev–Trinajstić information content (AvgIpc) is 2.25. The SMILES string of the molecule is CCCCCCCC[n+]1ccncc1.[Br-]. The molecule has 15 heavy (non-hydrogen) atoms. The molecule has 0 fully saturated rings. The zero-order chi connectivity index (χ0) is 10.1. The lowest BCUT2D eigenvalue weighted by atomic mass is 10.1. The Bertz CT molecular complexity index is 226. The number of unbranched alkanes of at least 4 members (excludes halogenated alkanes) is 5. The van der Waals surface area contributed by atoms with Gasteiger partial charge in [0.2, 0.25) is 0 Å². The molecule has 86 valence electrons. The number of rotatable bonds is 7. The molecule has 1 aromatic rings. The second kappa shape index (κ2) is 10.1. The molecular formula is C12H21BrN2. The van der Waals surface area contributed by atoms with Crippen molar-refractivity contribution >= 4 is 0 Å². The molecular weight excluding hydrogens is 252 g/mol. The summed E-state index contributed by atoms with van der Waals surface area (Å²) < 4.78 is 2.20. The van der Waals surface area contributed by atoms with Crippen molar-refractivity contribution in [3.05, 3.63) is 24.8 Å². The summed E-state index contributed by atoms with van der Waals surface area (Å²) in [5.41, 5.74) is 0. The second-order valence-corrected chi connectivity index (χ2v) is 3.75. The predicted molar refractivity (Wildman–Crippen MR) is 57.8 cm³/mol. The average molecular weight is 273 g/mol. The van der Waals surface area contributed by atoms with Crippen molar-refractivity contribution in [3.8, 4) is 0 Å². The fourth-order valence-electron chi connectivity index (χ4n) is 1.57. The van der Waals surface area contributed by atoms with E-state index in [2.05, 4.69) is 16.5 Å².